The van der Waals surface area contributed by atoms with Gasteiger partial charge in [0.1, 0.15) is 0 Å². The van der Waals surface area contributed by atoms with E-state index in [0.29, 0.717) is 18.2 Å². The Hall–Kier alpha value is -0.830. The molecule has 1 aliphatic carbocycles. The number of hydrogen-bond acceptors (Lipinski definition) is 3. The smallest absolute Gasteiger partial charge is 0.160 e. The highest BCUT2D eigenvalue weighted by Gasteiger charge is 2.17. The minimum absolute atomic E-state index is 0.165. The van der Waals surface area contributed by atoms with Crippen molar-refractivity contribution in [2.45, 2.75) is 64.5 Å². The van der Waals surface area contributed by atoms with Crippen molar-refractivity contribution >= 4 is 5.78 Å². The summed E-state index contributed by atoms with van der Waals surface area (Å²) in [5.74, 6) is 0.304. The van der Waals surface area contributed by atoms with E-state index in [-0.39, 0.29) is 5.54 Å². The molecule has 0 radical (unpaired) electrons. The summed E-state index contributed by atoms with van der Waals surface area (Å²) in [6, 6.07) is 0.308. The van der Waals surface area contributed by atoms with Gasteiger partial charge < -0.3 is 11.1 Å². The van der Waals surface area contributed by atoms with Crippen LogP contribution in [0.5, 0.6) is 0 Å². The Bertz CT molecular complexity index is 276. The molecule has 1 fully saturated rings. The van der Waals surface area contributed by atoms with E-state index in [9.17, 15) is 4.79 Å². The van der Waals surface area contributed by atoms with Crippen LogP contribution in [0.25, 0.3) is 0 Å². The molecular weight excluding hydrogens is 200 g/mol. The molecule has 0 aliphatic heterocycles. The molecule has 1 aliphatic rings. The zero-order valence-electron chi connectivity index (χ0n) is 10.7. The number of rotatable bonds is 4. The second kappa shape index (κ2) is 5.48. The van der Waals surface area contributed by atoms with Gasteiger partial charge in [0.05, 0.1) is 0 Å². The Morgan fingerprint density at radius 2 is 2.06 bits per heavy atom. The molecule has 0 saturated heterocycles. The second-order valence-electron chi connectivity index (χ2n) is 5.56. The van der Waals surface area contributed by atoms with Crippen molar-refractivity contribution in [1.82, 2.24) is 5.32 Å². The molecule has 3 heteroatoms. The molecule has 1 rings (SSSR count). The zero-order chi connectivity index (χ0) is 12.2. The number of nitrogens with one attached hydrogen (secondary N) is 1. The molecule has 1 unspecified atom stereocenters. The fourth-order valence-electron chi connectivity index (χ4n) is 2.14. The van der Waals surface area contributed by atoms with Gasteiger partial charge in [-0.1, -0.05) is 0 Å². The molecule has 16 heavy (non-hydrogen) atoms. The monoisotopic (exact) mass is 224 g/mol. The summed E-state index contributed by atoms with van der Waals surface area (Å²) in [6.45, 7) is 6.13. The van der Waals surface area contributed by atoms with Crippen molar-refractivity contribution in [3.8, 4) is 0 Å². The minimum Gasteiger partial charge on any atom is -0.388 e. The highest BCUT2D eigenvalue weighted by atomic mass is 16.1. The molecule has 3 N–H and O–H groups in total. The van der Waals surface area contributed by atoms with Crippen molar-refractivity contribution in [2.24, 2.45) is 5.73 Å². The Balaban J connectivity index is 2.42. The maximum Gasteiger partial charge on any atom is 0.160 e. The molecule has 1 saturated carbocycles. The standard InChI is InChI=1S/C13H24N2O/c1-10(8-13(2,3)14)15-9-11-6-4-5-7-12(11)16/h9-10,15H,4-8,14H2,1-3H3/b11-9-. The van der Waals surface area contributed by atoms with Gasteiger partial charge in [-0.25, -0.2) is 0 Å². The van der Waals surface area contributed by atoms with Gasteiger partial charge in [-0.2, -0.15) is 0 Å². The van der Waals surface area contributed by atoms with Crippen LogP contribution in [-0.2, 0) is 4.79 Å². The lowest BCUT2D eigenvalue weighted by Crippen LogP contribution is -2.39. The number of carbonyl (C=O) groups excluding carboxylic acids is 1. The lowest BCUT2D eigenvalue weighted by Gasteiger charge is -2.24. The Morgan fingerprint density at radius 1 is 1.44 bits per heavy atom. The molecule has 0 heterocycles. The first-order valence-corrected chi connectivity index (χ1v) is 6.16. The normalized spacial score (nSPS) is 22.2. The summed E-state index contributed by atoms with van der Waals surface area (Å²) >= 11 is 0. The van der Waals surface area contributed by atoms with Gasteiger partial charge in [0.2, 0.25) is 0 Å². The number of ketones is 1. The SMILES string of the molecule is CC(CC(C)(C)N)N/C=C1/CCCCC1=O. The first-order chi connectivity index (χ1) is 7.38. The summed E-state index contributed by atoms with van der Waals surface area (Å²) in [6.07, 6.45) is 6.61. The Labute approximate surface area is 98.5 Å². The van der Waals surface area contributed by atoms with Crippen LogP contribution in [-0.4, -0.2) is 17.4 Å². The summed E-state index contributed by atoms with van der Waals surface area (Å²) in [5.41, 5.74) is 6.73. The molecule has 92 valence electrons. The van der Waals surface area contributed by atoms with Crippen molar-refractivity contribution in [1.29, 1.82) is 0 Å². The van der Waals surface area contributed by atoms with Gasteiger partial charge >= 0.3 is 0 Å². The fourth-order valence-corrected chi connectivity index (χ4v) is 2.14. The first-order valence-electron chi connectivity index (χ1n) is 6.16. The van der Waals surface area contributed by atoms with E-state index in [1.165, 1.54) is 0 Å². The summed E-state index contributed by atoms with van der Waals surface area (Å²) in [7, 11) is 0. The third kappa shape index (κ3) is 4.79. The average molecular weight is 224 g/mol. The van der Waals surface area contributed by atoms with Gasteiger partial charge in [0.25, 0.3) is 0 Å². The summed E-state index contributed by atoms with van der Waals surface area (Å²) in [4.78, 5) is 11.6. The van der Waals surface area contributed by atoms with Crippen LogP contribution in [0.4, 0.5) is 0 Å². The van der Waals surface area contributed by atoms with Gasteiger partial charge in [-0.05, 0) is 46.5 Å². The predicted octanol–water partition coefficient (Wildman–Crippen LogP) is 2.12. The molecule has 3 nitrogen and oxygen atoms in total. The summed E-state index contributed by atoms with van der Waals surface area (Å²) < 4.78 is 0. The lowest BCUT2D eigenvalue weighted by atomic mass is 9.94. The van der Waals surface area contributed by atoms with Gasteiger partial charge in [-0.3, -0.25) is 4.79 Å². The van der Waals surface area contributed by atoms with Crippen LogP contribution in [0.15, 0.2) is 11.8 Å². The number of carbonyl (C=O) groups is 1. The van der Waals surface area contributed by atoms with Crippen LogP contribution in [0.1, 0.15) is 52.9 Å². The Morgan fingerprint density at radius 3 is 2.62 bits per heavy atom. The van der Waals surface area contributed by atoms with Crippen LogP contribution in [0.2, 0.25) is 0 Å². The number of hydrogen-bond donors (Lipinski definition) is 2. The van der Waals surface area contributed by atoms with Crippen molar-refractivity contribution < 1.29 is 4.79 Å². The molecule has 0 amide bonds. The predicted molar refractivity (Wildman–Crippen MR) is 67.0 cm³/mol. The number of allylic oxidation sites excluding steroid dienone is 1. The third-order valence-electron chi connectivity index (χ3n) is 2.83. The second-order valence-corrected chi connectivity index (χ2v) is 5.56. The number of nitrogens with two attached hydrogens (primary N) is 1. The molecule has 0 aromatic heterocycles. The fraction of sp³-hybridized carbons (Fsp3) is 0.769. The van der Waals surface area contributed by atoms with E-state index >= 15 is 0 Å². The average Bonchev–Trinajstić information content (AvgIpc) is 2.14. The van der Waals surface area contributed by atoms with E-state index in [1.807, 2.05) is 20.0 Å². The maximum absolute atomic E-state index is 11.6. The van der Waals surface area contributed by atoms with Gasteiger partial charge in [-0.15, -0.1) is 0 Å². The molecule has 0 bridgehead atoms. The lowest BCUT2D eigenvalue weighted by molar-refractivity contribution is -0.116. The minimum atomic E-state index is -0.165. The topological polar surface area (TPSA) is 55.1 Å². The molecule has 0 aromatic rings. The van der Waals surface area contributed by atoms with E-state index < -0.39 is 0 Å². The first kappa shape index (κ1) is 13.2. The van der Waals surface area contributed by atoms with Crippen LogP contribution >= 0.6 is 0 Å². The van der Waals surface area contributed by atoms with Crippen molar-refractivity contribution in [3.63, 3.8) is 0 Å². The van der Waals surface area contributed by atoms with E-state index in [2.05, 4.69) is 12.2 Å². The van der Waals surface area contributed by atoms with Gasteiger partial charge in [0, 0.05) is 29.8 Å². The van der Waals surface area contributed by atoms with E-state index in [4.69, 9.17) is 5.73 Å². The summed E-state index contributed by atoms with van der Waals surface area (Å²) in [5, 5.41) is 3.28. The quantitative estimate of drug-likeness (QED) is 0.719. The van der Waals surface area contributed by atoms with Crippen LogP contribution in [0, 0.1) is 0 Å². The van der Waals surface area contributed by atoms with Crippen LogP contribution in [0.3, 0.4) is 0 Å². The van der Waals surface area contributed by atoms with Crippen molar-refractivity contribution in [3.05, 3.63) is 11.8 Å². The number of Topliss-reactive ketones (excluding diaryl/α,β-unsaturated/α-hetero) is 1. The Kier molecular flexibility index (Phi) is 4.54. The zero-order valence-corrected chi connectivity index (χ0v) is 10.7. The molecular formula is C13H24N2O. The molecule has 0 aromatic carbocycles. The van der Waals surface area contributed by atoms with E-state index in [1.54, 1.807) is 0 Å². The van der Waals surface area contributed by atoms with Crippen LogP contribution < -0.4 is 11.1 Å². The highest BCUT2D eigenvalue weighted by molar-refractivity contribution is 5.95. The van der Waals surface area contributed by atoms with E-state index in [0.717, 1.165) is 31.3 Å². The highest BCUT2D eigenvalue weighted by Crippen LogP contribution is 2.19. The van der Waals surface area contributed by atoms with Gasteiger partial charge in [0.15, 0.2) is 5.78 Å². The largest absolute Gasteiger partial charge is 0.388 e. The molecule has 0 spiro atoms. The third-order valence-corrected chi connectivity index (χ3v) is 2.83. The van der Waals surface area contributed by atoms with Crippen molar-refractivity contribution in [2.75, 3.05) is 0 Å². The maximum atomic E-state index is 11.6. The molecule has 1 atom stereocenters.